The summed E-state index contributed by atoms with van der Waals surface area (Å²) in [6.07, 6.45) is 3.83. The molecule has 13 heavy (non-hydrogen) atoms. The standard InChI is InChI=1S/C9H10N4/c10-9(11)13-8-2-1-6-4-12-5-7(6)3-8/h1-5,12H,(H4,10,11,13). The summed E-state index contributed by atoms with van der Waals surface area (Å²) < 4.78 is 0. The average molecular weight is 174 g/mol. The van der Waals surface area contributed by atoms with Gasteiger partial charge in [-0.15, -0.1) is 0 Å². The monoisotopic (exact) mass is 174 g/mol. The fourth-order valence-corrected chi connectivity index (χ4v) is 1.26. The minimum Gasteiger partial charge on any atom is -0.370 e. The predicted octanol–water partition coefficient (Wildman–Crippen LogP) is 1.07. The van der Waals surface area contributed by atoms with E-state index in [2.05, 4.69) is 9.98 Å². The summed E-state index contributed by atoms with van der Waals surface area (Å²) in [5.74, 6) is 0.0786. The highest BCUT2D eigenvalue weighted by molar-refractivity contribution is 5.86. The van der Waals surface area contributed by atoms with Gasteiger partial charge in [0, 0.05) is 17.8 Å². The van der Waals surface area contributed by atoms with Crippen LogP contribution in [0, 0.1) is 0 Å². The summed E-state index contributed by atoms with van der Waals surface area (Å²) in [5, 5.41) is 2.25. The van der Waals surface area contributed by atoms with Crippen LogP contribution < -0.4 is 11.5 Å². The molecule has 0 atom stereocenters. The van der Waals surface area contributed by atoms with Gasteiger partial charge in [-0.1, -0.05) is 6.07 Å². The lowest BCUT2D eigenvalue weighted by molar-refractivity contribution is 1.43. The number of rotatable bonds is 1. The molecule has 0 saturated carbocycles. The van der Waals surface area contributed by atoms with E-state index in [1.165, 1.54) is 0 Å². The molecule has 2 rings (SSSR count). The van der Waals surface area contributed by atoms with Crippen LogP contribution in [0.3, 0.4) is 0 Å². The Kier molecular flexibility index (Phi) is 1.66. The lowest BCUT2D eigenvalue weighted by Gasteiger charge is -1.94. The van der Waals surface area contributed by atoms with Crippen LogP contribution in [0.2, 0.25) is 0 Å². The first-order valence-corrected chi connectivity index (χ1v) is 3.92. The van der Waals surface area contributed by atoms with Crippen molar-refractivity contribution in [1.29, 1.82) is 0 Å². The van der Waals surface area contributed by atoms with Gasteiger partial charge in [0.25, 0.3) is 0 Å². The van der Waals surface area contributed by atoms with Crippen molar-refractivity contribution in [2.24, 2.45) is 16.5 Å². The Morgan fingerprint density at radius 2 is 1.92 bits per heavy atom. The van der Waals surface area contributed by atoms with Crippen LogP contribution in [0.4, 0.5) is 5.69 Å². The number of guanidine groups is 1. The van der Waals surface area contributed by atoms with Gasteiger partial charge in [-0.3, -0.25) is 0 Å². The number of hydrogen-bond donors (Lipinski definition) is 3. The SMILES string of the molecule is NC(N)=Nc1ccc2c[nH]cc2c1. The van der Waals surface area contributed by atoms with E-state index in [4.69, 9.17) is 11.5 Å². The lowest BCUT2D eigenvalue weighted by atomic mass is 10.2. The number of fused-ring (bicyclic) bond motifs is 1. The molecule has 4 nitrogen and oxygen atoms in total. The molecule has 0 spiro atoms. The van der Waals surface area contributed by atoms with E-state index >= 15 is 0 Å². The second-order valence-corrected chi connectivity index (χ2v) is 2.81. The summed E-state index contributed by atoms with van der Waals surface area (Å²) in [5.41, 5.74) is 11.3. The second-order valence-electron chi connectivity index (χ2n) is 2.81. The third-order valence-corrected chi connectivity index (χ3v) is 1.81. The summed E-state index contributed by atoms with van der Waals surface area (Å²) in [6.45, 7) is 0. The van der Waals surface area contributed by atoms with Gasteiger partial charge >= 0.3 is 0 Å². The molecule has 1 aromatic carbocycles. The molecule has 0 radical (unpaired) electrons. The van der Waals surface area contributed by atoms with Crippen molar-refractivity contribution in [3.8, 4) is 0 Å². The molecule has 1 aromatic heterocycles. The maximum atomic E-state index is 5.26. The van der Waals surface area contributed by atoms with Crippen LogP contribution >= 0.6 is 0 Å². The Morgan fingerprint density at radius 3 is 2.69 bits per heavy atom. The highest BCUT2D eigenvalue weighted by Crippen LogP contribution is 2.20. The molecule has 0 aliphatic heterocycles. The van der Waals surface area contributed by atoms with Crippen molar-refractivity contribution in [1.82, 2.24) is 4.98 Å². The molecule has 66 valence electrons. The third-order valence-electron chi connectivity index (χ3n) is 1.81. The van der Waals surface area contributed by atoms with E-state index in [-0.39, 0.29) is 5.96 Å². The Balaban J connectivity index is 2.54. The molecule has 0 saturated heterocycles. The van der Waals surface area contributed by atoms with Crippen molar-refractivity contribution in [2.45, 2.75) is 0 Å². The van der Waals surface area contributed by atoms with Gasteiger partial charge in [-0.2, -0.15) is 0 Å². The third kappa shape index (κ3) is 1.46. The van der Waals surface area contributed by atoms with Gasteiger partial charge in [0.2, 0.25) is 0 Å². The van der Waals surface area contributed by atoms with Crippen LogP contribution in [0.25, 0.3) is 10.8 Å². The first-order valence-electron chi connectivity index (χ1n) is 3.92. The van der Waals surface area contributed by atoms with Crippen LogP contribution in [-0.4, -0.2) is 10.9 Å². The Morgan fingerprint density at radius 1 is 1.15 bits per heavy atom. The van der Waals surface area contributed by atoms with Gasteiger partial charge < -0.3 is 16.5 Å². The Bertz CT molecular complexity index is 451. The molecule has 0 amide bonds. The number of aromatic amines is 1. The largest absolute Gasteiger partial charge is 0.370 e. The van der Waals surface area contributed by atoms with Crippen LogP contribution in [0.15, 0.2) is 35.6 Å². The lowest BCUT2D eigenvalue weighted by Crippen LogP contribution is -2.21. The number of aliphatic imine (C=N–C) groups is 1. The summed E-state index contributed by atoms with van der Waals surface area (Å²) in [4.78, 5) is 6.95. The highest BCUT2D eigenvalue weighted by Gasteiger charge is 1.95. The minimum absolute atomic E-state index is 0.0786. The number of nitrogens with two attached hydrogens (primary N) is 2. The van der Waals surface area contributed by atoms with Crippen LogP contribution in [0.1, 0.15) is 0 Å². The molecule has 5 N–H and O–H groups in total. The maximum Gasteiger partial charge on any atom is 0.191 e. The van der Waals surface area contributed by atoms with Crippen LogP contribution in [0.5, 0.6) is 0 Å². The molecule has 0 aliphatic rings. The predicted molar refractivity (Wildman–Crippen MR) is 53.8 cm³/mol. The van der Waals surface area contributed by atoms with Crippen molar-refractivity contribution in [2.75, 3.05) is 0 Å². The Labute approximate surface area is 75.3 Å². The Hall–Kier alpha value is -1.97. The minimum atomic E-state index is 0.0786. The fraction of sp³-hybridized carbons (Fsp3) is 0. The van der Waals surface area contributed by atoms with E-state index in [0.717, 1.165) is 16.5 Å². The number of nitrogens with one attached hydrogen (secondary N) is 1. The molecular weight excluding hydrogens is 164 g/mol. The van der Waals surface area contributed by atoms with Crippen LogP contribution in [-0.2, 0) is 0 Å². The summed E-state index contributed by atoms with van der Waals surface area (Å²) in [6, 6.07) is 5.76. The molecule has 0 aliphatic carbocycles. The molecule has 1 heterocycles. The van der Waals surface area contributed by atoms with Gasteiger partial charge in [-0.25, -0.2) is 4.99 Å². The van der Waals surface area contributed by atoms with E-state index in [9.17, 15) is 0 Å². The van der Waals surface area contributed by atoms with E-state index in [1.807, 2.05) is 30.6 Å². The van der Waals surface area contributed by atoms with Crippen molar-refractivity contribution in [3.05, 3.63) is 30.6 Å². The zero-order chi connectivity index (χ0) is 9.26. The first kappa shape index (κ1) is 7.67. The maximum absolute atomic E-state index is 5.26. The van der Waals surface area contributed by atoms with Gasteiger partial charge in [-0.05, 0) is 17.5 Å². The number of benzene rings is 1. The van der Waals surface area contributed by atoms with Crippen molar-refractivity contribution < 1.29 is 0 Å². The average Bonchev–Trinajstić information content (AvgIpc) is 2.49. The molecule has 2 aromatic rings. The molecule has 0 bridgehead atoms. The number of aromatic nitrogens is 1. The van der Waals surface area contributed by atoms with Crippen molar-refractivity contribution >= 4 is 22.4 Å². The zero-order valence-electron chi connectivity index (χ0n) is 6.99. The number of H-pyrrole nitrogens is 1. The zero-order valence-corrected chi connectivity index (χ0v) is 6.99. The second kappa shape index (κ2) is 2.82. The van der Waals surface area contributed by atoms with E-state index < -0.39 is 0 Å². The summed E-state index contributed by atoms with van der Waals surface area (Å²) in [7, 11) is 0. The van der Waals surface area contributed by atoms with Gasteiger partial charge in [0.15, 0.2) is 5.96 Å². The van der Waals surface area contributed by atoms with E-state index in [1.54, 1.807) is 0 Å². The van der Waals surface area contributed by atoms with Gasteiger partial charge in [0.05, 0.1) is 5.69 Å². The van der Waals surface area contributed by atoms with E-state index in [0.29, 0.717) is 0 Å². The first-order chi connectivity index (χ1) is 6.25. The number of hydrogen-bond acceptors (Lipinski definition) is 1. The molecule has 4 heteroatoms. The highest BCUT2D eigenvalue weighted by atomic mass is 15.0. The molecular formula is C9H10N4. The molecule has 0 unspecified atom stereocenters. The number of nitrogens with zero attached hydrogens (tertiary/aromatic N) is 1. The topological polar surface area (TPSA) is 80.2 Å². The summed E-state index contributed by atoms with van der Waals surface area (Å²) >= 11 is 0. The van der Waals surface area contributed by atoms with Crippen molar-refractivity contribution in [3.63, 3.8) is 0 Å². The smallest absolute Gasteiger partial charge is 0.191 e. The quantitative estimate of drug-likeness (QED) is 0.446. The normalized spacial score (nSPS) is 10.2. The van der Waals surface area contributed by atoms with Gasteiger partial charge in [0.1, 0.15) is 0 Å². The fourth-order valence-electron chi connectivity index (χ4n) is 1.26. The molecule has 0 fully saturated rings.